The summed E-state index contributed by atoms with van der Waals surface area (Å²) in [4.78, 5) is 36.7. The Morgan fingerprint density at radius 3 is 2.69 bits per heavy atom. The van der Waals surface area contributed by atoms with Crippen molar-refractivity contribution in [3.8, 4) is 0 Å². The van der Waals surface area contributed by atoms with Gasteiger partial charge in [0.2, 0.25) is 5.91 Å². The number of carbonyl (C=O) groups excluding carboxylic acids is 3. The van der Waals surface area contributed by atoms with Gasteiger partial charge in [-0.3, -0.25) is 14.4 Å². The summed E-state index contributed by atoms with van der Waals surface area (Å²) in [5, 5.41) is 8.11. The van der Waals surface area contributed by atoms with Crippen molar-refractivity contribution in [1.82, 2.24) is 5.32 Å². The summed E-state index contributed by atoms with van der Waals surface area (Å²) < 4.78 is 0. The zero-order valence-corrected chi connectivity index (χ0v) is 14.6. The topological polar surface area (TPSA) is 87.3 Å². The van der Waals surface area contributed by atoms with Crippen LogP contribution in [0.15, 0.2) is 53.4 Å². The zero-order chi connectivity index (χ0) is 18.1. The third kappa shape index (κ3) is 3.57. The number of rotatable bonds is 3. The minimum Gasteiger partial charge on any atom is -0.344 e. The van der Waals surface area contributed by atoms with E-state index in [-0.39, 0.29) is 17.9 Å². The molecule has 0 radical (unpaired) electrons. The molecule has 132 valence electrons. The molecule has 0 aromatic heterocycles. The van der Waals surface area contributed by atoms with Gasteiger partial charge in [0, 0.05) is 22.5 Å². The second-order valence-corrected chi connectivity index (χ2v) is 7.35. The summed E-state index contributed by atoms with van der Waals surface area (Å²) >= 11 is 1.44. The van der Waals surface area contributed by atoms with Gasteiger partial charge in [0.1, 0.15) is 0 Å². The lowest BCUT2D eigenvalue weighted by atomic mass is 10.1. The van der Waals surface area contributed by atoms with Crippen molar-refractivity contribution in [1.29, 1.82) is 0 Å². The molecule has 1 saturated carbocycles. The van der Waals surface area contributed by atoms with Crippen molar-refractivity contribution in [2.24, 2.45) is 0 Å². The molecule has 2 aliphatic rings. The third-order valence-corrected chi connectivity index (χ3v) is 5.48. The van der Waals surface area contributed by atoms with Crippen molar-refractivity contribution in [2.45, 2.75) is 23.3 Å². The number of benzene rings is 2. The molecular formula is C19H17N3O3S. The molecule has 2 aromatic rings. The average Bonchev–Trinajstić information content (AvgIpc) is 3.41. The van der Waals surface area contributed by atoms with Crippen LogP contribution >= 0.6 is 11.8 Å². The van der Waals surface area contributed by atoms with E-state index >= 15 is 0 Å². The normalized spacial score (nSPS) is 20.5. The largest absolute Gasteiger partial charge is 0.344 e. The quantitative estimate of drug-likeness (QED) is 0.727. The van der Waals surface area contributed by atoms with Crippen LogP contribution in [0.2, 0.25) is 0 Å². The molecule has 2 aromatic carbocycles. The summed E-state index contributed by atoms with van der Waals surface area (Å²) in [5.74, 6) is -0.790. The number of thioether (sulfide) groups is 1. The molecule has 3 N–H and O–H groups in total. The Kier molecular flexibility index (Phi) is 4.38. The first-order valence-electron chi connectivity index (χ1n) is 8.33. The number of nitrogens with one attached hydrogen (secondary N) is 3. The van der Waals surface area contributed by atoms with E-state index in [9.17, 15) is 14.4 Å². The maximum absolute atomic E-state index is 12.1. The first-order valence-corrected chi connectivity index (χ1v) is 9.32. The standard InChI is InChI=1S/C19H17N3O3S/c23-17-10-26-16-7-6-12(8-15(16)21-17)20-18(24)19(25)22-14-9-13(14)11-4-2-1-3-5-11/h1-8,13-14H,9-10H2,(H,20,24)(H,21,23)(H,22,25)/t13-,14+/m1/s1. The molecule has 0 unspecified atom stereocenters. The summed E-state index contributed by atoms with van der Waals surface area (Å²) in [6.45, 7) is 0. The van der Waals surface area contributed by atoms with E-state index in [2.05, 4.69) is 16.0 Å². The van der Waals surface area contributed by atoms with Crippen molar-refractivity contribution >= 4 is 40.9 Å². The third-order valence-electron chi connectivity index (χ3n) is 4.41. The van der Waals surface area contributed by atoms with Gasteiger partial charge < -0.3 is 16.0 Å². The number of hydrogen-bond donors (Lipinski definition) is 3. The molecule has 1 fully saturated rings. The van der Waals surface area contributed by atoms with Crippen LogP contribution in [0.1, 0.15) is 17.9 Å². The lowest BCUT2D eigenvalue weighted by molar-refractivity contribution is -0.136. The highest BCUT2D eigenvalue weighted by atomic mass is 32.2. The predicted molar refractivity (Wildman–Crippen MR) is 100 cm³/mol. The van der Waals surface area contributed by atoms with E-state index in [4.69, 9.17) is 0 Å². The van der Waals surface area contributed by atoms with Gasteiger partial charge in [-0.2, -0.15) is 0 Å². The van der Waals surface area contributed by atoms with Crippen molar-refractivity contribution in [3.05, 3.63) is 54.1 Å². The van der Waals surface area contributed by atoms with Gasteiger partial charge in [-0.15, -0.1) is 11.8 Å². The fourth-order valence-electron chi connectivity index (χ4n) is 3.01. The molecule has 0 saturated heterocycles. The predicted octanol–water partition coefficient (Wildman–Crippen LogP) is 2.34. The Bertz CT molecular complexity index is 885. The van der Waals surface area contributed by atoms with E-state index in [0.29, 0.717) is 17.1 Å². The van der Waals surface area contributed by atoms with Gasteiger partial charge >= 0.3 is 11.8 Å². The summed E-state index contributed by atoms with van der Waals surface area (Å²) in [6.07, 6.45) is 0.838. The number of fused-ring (bicyclic) bond motifs is 1. The Hall–Kier alpha value is -2.80. The van der Waals surface area contributed by atoms with Gasteiger partial charge in [-0.1, -0.05) is 30.3 Å². The number of amides is 3. The molecular weight excluding hydrogens is 350 g/mol. The highest BCUT2D eigenvalue weighted by Gasteiger charge is 2.40. The molecule has 3 amide bonds. The average molecular weight is 367 g/mol. The lowest BCUT2D eigenvalue weighted by Crippen LogP contribution is -2.37. The first-order chi connectivity index (χ1) is 12.6. The number of anilines is 2. The molecule has 1 aliphatic heterocycles. The monoisotopic (exact) mass is 367 g/mol. The van der Waals surface area contributed by atoms with Crippen molar-refractivity contribution in [3.63, 3.8) is 0 Å². The second kappa shape index (κ2) is 6.84. The van der Waals surface area contributed by atoms with Gasteiger partial charge in [0.05, 0.1) is 11.4 Å². The van der Waals surface area contributed by atoms with E-state index < -0.39 is 11.8 Å². The van der Waals surface area contributed by atoms with E-state index in [1.807, 2.05) is 36.4 Å². The maximum Gasteiger partial charge on any atom is 0.313 e. The smallest absolute Gasteiger partial charge is 0.313 e. The summed E-state index contributed by atoms with van der Waals surface area (Å²) in [7, 11) is 0. The second-order valence-electron chi connectivity index (χ2n) is 6.33. The van der Waals surface area contributed by atoms with Gasteiger partial charge in [0.25, 0.3) is 0 Å². The molecule has 1 aliphatic carbocycles. The Morgan fingerprint density at radius 2 is 1.88 bits per heavy atom. The van der Waals surface area contributed by atoms with Crippen LogP contribution < -0.4 is 16.0 Å². The van der Waals surface area contributed by atoms with E-state index in [1.54, 1.807) is 12.1 Å². The molecule has 1 heterocycles. The molecule has 26 heavy (non-hydrogen) atoms. The molecule has 0 bridgehead atoms. The molecule has 4 rings (SSSR count). The first kappa shape index (κ1) is 16.7. The van der Waals surface area contributed by atoms with Crippen molar-refractivity contribution < 1.29 is 14.4 Å². The zero-order valence-electron chi connectivity index (χ0n) is 13.8. The maximum atomic E-state index is 12.1. The van der Waals surface area contributed by atoms with Crippen LogP contribution in [0.4, 0.5) is 11.4 Å². The van der Waals surface area contributed by atoms with Crippen LogP contribution in [-0.2, 0) is 14.4 Å². The van der Waals surface area contributed by atoms with Crippen LogP contribution in [0.5, 0.6) is 0 Å². The number of hydrogen-bond acceptors (Lipinski definition) is 4. The van der Waals surface area contributed by atoms with Gasteiger partial charge in [-0.05, 0) is 30.2 Å². The van der Waals surface area contributed by atoms with E-state index in [1.165, 1.54) is 17.3 Å². The summed E-state index contributed by atoms with van der Waals surface area (Å²) in [5.41, 5.74) is 2.29. The summed E-state index contributed by atoms with van der Waals surface area (Å²) in [6, 6.07) is 15.1. The fraction of sp³-hybridized carbons (Fsp3) is 0.211. The number of carbonyl (C=O) groups is 3. The highest BCUT2D eigenvalue weighted by Crippen LogP contribution is 2.40. The van der Waals surface area contributed by atoms with Gasteiger partial charge in [-0.25, -0.2) is 0 Å². The molecule has 0 spiro atoms. The minimum absolute atomic E-state index is 0.00475. The van der Waals surface area contributed by atoms with Crippen molar-refractivity contribution in [2.75, 3.05) is 16.4 Å². The molecule has 7 heteroatoms. The fourth-order valence-corrected chi connectivity index (χ4v) is 3.79. The van der Waals surface area contributed by atoms with Crippen LogP contribution in [-0.4, -0.2) is 29.5 Å². The minimum atomic E-state index is -0.710. The van der Waals surface area contributed by atoms with Gasteiger partial charge in [0.15, 0.2) is 0 Å². The lowest BCUT2D eigenvalue weighted by Gasteiger charge is -2.17. The van der Waals surface area contributed by atoms with Crippen LogP contribution in [0, 0.1) is 0 Å². The molecule has 6 nitrogen and oxygen atoms in total. The van der Waals surface area contributed by atoms with Crippen LogP contribution in [0.25, 0.3) is 0 Å². The van der Waals surface area contributed by atoms with Crippen LogP contribution in [0.3, 0.4) is 0 Å². The highest BCUT2D eigenvalue weighted by molar-refractivity contribution is 8.00. The van der Waals surface area contributed by atoms with E-state index in [0.717, 1.165) is 11.3 Å². The SMILES string of the molecule is O=C1CSc2ccc(NC(=O)C(=O)N[C@H]3C[C@@H]3c3ccccc3)cc2N1. The molecule has 2 atom stereocenters. The Morgan fingerprint density at radius 1 is 1.08 bits per heavy atom. The Balaban J connectivity index is 1.34. The Labute approximate surface area is 154 Å².